The molecule has 0 saturated carbocycles. The molecule has 8 heteroatoms. The van der Waals surface area contributed by atoms with Crippen LogP contribution in [-0.4, -0.2) is 46.5 Å². The summed E-state index contributed by atoms with van der Waals surface area (Å²) in [4.78, 5) is 13.3. The highest BCUT2D eigenvalue weighted by Gasteiger charge is 2.53. The van der Waals surface area contributed by atoms with Crippen molar-refractivity contribution < 1.29 is 19.4 Å². The van der Waals surface area contributed by atoms with Gasteiger partial charge < -0.3 is 34.3 Å². The Labute approximate surface area is 206 Å². The molecule has 2 aromatic heterocycles. The van der Waals surface area contributed by atoms with Gasteiger partial charge in [0.15, 0.2) is 5.72 Å². The molecule has 36 heavy (non-hydrogen) atoms. The van der Waals surface area contributed by atoms with E-state index in [1.807, 2.05) is 25.2 Å². The fourth-order valence-corrected chi connectivity index (χ4v) is 7.37. The summed E-state index contributed by atoms with van der Waals surface area (Å²) in [5.41, 5.74) is 4.88. The summed E-state index contributed by atoms with van der Waals surface area (Å²) < 4.78 is 17.8. The van der Waals surface area contributed by atoms with Crippen LogP contribution in [0.5, 0.6) is 5.75 Å². The average Bonchev–Trinajstić information content (AvgIpc) is 3.51. The SMILES string of the molecule is CNC1C[C@@H]2O[C@](C)(C1OC)n1c3ccccc3c3c4c(c5c6cc(O)ccc6n2c5c31)C(=O)NC4. The first-order valence-corrected chi connectivity index (χ1v) is 12.4. The summed E-state index contributed by atoms with van der Waals surface area (Å²) in [6.07, 6.45) is 0.145. The number of phenolic OH excluding ortho intramolecular Hbond substituents is 1. The van der Waals surface area contributed by atoms with E-state index in [1.165, 1.54) is 0 Å². The lowest BCUT2D eigenvalue weighted by atomic mass is 9.93. The van der Waals surface area contributed by atoms with Crippen LogP contribution < -0.4 is 10.6 Å². The number of rotatable bonds is 2. The van der Waals surface area contributed by atoms with Crippen molar-refractivity contribution in [2.75, 3.05) is 14.2 Å². The Morgan fingerprint density at radius 3 is 2.78 bits per heavy atom. The number of carbonyl (C=O) groups excluding carboxylic acids is 1. The van der Waals surface area contributed by atoms with Crippen molar-refractivity contribution in [3.63, 3.8) is 0 Å². The quantitative estimate of drug-likeness (QED) is 0.353. The fraction of sp³-hybridized carbons (Fsp3) is 0.321. The average molecular weight is 483 g/mol. The monoisotopic (exact) mass is 482 g/mol. The van der Waals surface area contributed by atoms with Gasteiger partial charge in [0.2, 0.25) is 0 Å². The van der Waals surface area contributed by atoms with Crippen LogP contribution in [0, 0.1) is 0 Å². The molecule has 3 aliphatic rings. The van der Waals surface area contributed by atoms with Gasteiger partial charge in [-0.05, 0) is 43.8 Å². The Kier molecular flexibility index (Phi) is 3.77. The molecule has 0 spiro atoms. The molecule has 0 radical (unpaired) electrons. The minimum Gasteiger partial charge on any atom is -0.508 e. The van der Waals surface area contributed by atoms with E-state index in [9.17, 15) is 9.90 Å². The second-order valence-electron chi connectivity index (χ2n) is 10.3. The molecule has 2 bridgehead atoms. The second kappa shape index (κ2) is 6.59. The minimum atomic E-state index is -0.813. The van der Waals surface area contributed by atoms with Crippen molar-refractivity contribution in [2.24, 2.45) is 0 Å². The maximum Gasteiger partial charge on any atom is 0.252 e. The van der Waals surface area contributed by atoms with Crippen LogP contribution >= 0.6 is 0 Å². The number of nitrogens with one attached hydrogen (secondary N) is 2. The lowest BCUT2D eigenvalue weighted by molar-refractivity contribution is -0.256. The van der Waals surface area contributed by atoms with E-state index in [-0.39, 0.29) is 30.0 Å². The van der Waals surface area contributed by atoms with Gasteiger partial charge in [0.05, 0.1) is 27.6 Å². The van der Waals surface area contributed by atoms with E-state index in [0.717, 1.165) is 49.2 Å². The third kappa shape index (κ3) is 2.16. The smallest absolute Gasteiger partial charge is 0.252 e. The van der Waals surface area contributed by atoms with Gasteiger partial charge in [-0.1, -0.05) is 18.2 Å². The summed E-state index contributed by atoms with van der Waals surface area (Å²) in [6.45, 7) is 2.58. The summed E-state index contributed by atoms with van der Waals surface area (Å²) >= 11 is 0. The minimum absolute atomic E-state index is 0.0315. The van der Waals surface area contributed by atoms with Gasteiger partial charge in [0.1, 0.15) is 18.1 Å². The van der Waals surface area contributed by atoms with E-state index in [4.69, 9.17) is 9.47 Å². The number of likely N-dealkylation sites (N-methyl/N-ethyl adjacent to an activating group) is 1. The molecule has 3 N–H and O–H groups in total. The highest BCUT2D eigenvalue weighted by molar-refractivity contribution is 6.31. The third-order valence-corrected chi connectivity index (χ3v) is 8.67. The summed E-state index contributed by atoms with van der Waals surface area (Å²) in [6, 6.07) is 13.8. The molecule has 1 fully saturated rings. The fourth-order valence-electron chi connectivity index (χ4n) is 7.37. The lowest BCUT2D eigenvalue weighted by Gasteiger charge is -2.48. The van der Waals surface area contributed by atoms with Crippen molar-refractivity contribution in [3.8, 4) is 5.75 Å². The number of amides is 1. The first-order valence-electron chi connectivity index (χ1n) is 12.4. The number of carbonyl (C=O) groups is 1. The Bertz CT molecular complexity index is 1800. The molecule has 0 aliphatic carbocycles. The summed E-state index contributed by atoms with van der Waals surface area (Å²) in [7, 11) is 3.71. The molecule has 1 saturated heterocycles. The Hall–Kier alpha value is -3.59. The molecule has 1 amide bonds. The number of benzene rings is 3. The van der Waals surface area contributed by atoms with Crippen molar-refractivity contribution >= 4 is 49.5 Å². The van der Waals surface area contributed by atoms with Crippen molar-refractivity contribution in [1.82, 2.24) is 19.8 Å². The van der Waals surface area contributed by atoms with Crippen molar-refractivity contribution in [1.29, 1.82) is 0 Å². The summed E-state index contributed by atoms with van der Waals surface area (Å²) in [5.74, 6) is 0.0988. The van der Waals surface area contributed by atoms with Gasteiger partial charge in [-0.15, -0.1) is 0 Å². The number of methoxy groups -OCH3 is 1. The predicted octanol–water partition coefficient (Wildman–Crippen LogP) is 4.06. The van der Waals surface area contributed by atoms with E-state index in [1.54, 1.807) is 19.2 Å². The van der Waals surface area contributed by atoms with Crippen LogP contribution in [0.2, 0.25) is 0 Å². The number of para-hydroxylation sites is 1. The van der Waals surface area contributed by atoms with Gasteiger partial charge in [0, 0.05) is 47.7 Å². The molecule has 5 aromatic rings. The van der Waals surface area contributed by atoms with Gasteiger partial charge in [-0.25, -0.2) is 0 Å². The van der Waals surface area contributed by atoms with Crippen LogP contribution in [-0.2, 0) is 21.7 Å². The maximum atomic E-state index is 13.3. The van der Waals surface area contributed by atoms with Crippen molar-refractivity contribution in [3.05, 3.63) is 53.6 Å². The van der Waals surface area contributed by atoms with Gasteiger partial charge >= 0.3 is 0 Å². The molecule has 3 aliphatic heterocycles. The van der Waals surface area contributed by atoms with Crippen LogP contribution in [0.1, 0.15) is 35.5 Å². The molecule has 8 nitrogen and oxygen atoms in total. The highest BCUT2D eigenvalue weighted by Crippen LogP contribution is 2.53. The molecule has 4 atom stereocenters. The summed E-state index contributed by atoms with van der Waals surface area (Å²) in [5, 5.41) is 20.9. The number of aromatic nitrogens is 2. The highest BCUT2D eigenvalue weighted by atomic mass is 16.6. The van der Waals surface area contributed by atoms with E-state index < -0.39 is 5.72 Å². The Morgan fingerprint density at radius 2 is 1.97 bits per heavy atom. The molecule has 5 heterocycles. The molecule has 182 valence electrons. The predicted molar refractivity (Wildman–Crippen MR) is 137 cm³/mol. The normalized spacial score (nSPS) is 26.9. The number of nitrogens with zero attached hydrogens (tertiary/aromatic N) is 2. The molecular weight excluding hydrogens is 456 g/mol. The maximum absolute atomic E-state index is 13.3. The van der Waals surface area contributed by atoms with Crippen LogP contribution in [0.15, 0.2) is 42.5 Å². The van der Waals surface area contributed by atoms with Crippen LogP contribution in [0.3, 0.4) is 0 Å². The first-order chi connectivity index (χ1) is 17.5. The number of aromatic hydroxyl groups is 1. The zero-order chi connectivity index (χ0) is 24.5. The third-order valence-electron chi connectivity index (χ3n) is 8.67. The molecule has 2 unspecified atom stereocenters. The second-order valence-corrected chi connectivity index (χ2v) is 10.3. The van der Waals surface area contributed by atoms with Gasteiger partial charge in [0.25, 0.3) is 5.91 Å². The van der Waals surface area contributed by atoms with Crippen LogP contribution in [0.4, 0.5) is 0 Å². The van der Waals surface area contributed by atoms with Gasteiger partial charge in [-0.3, -0.25) is 4.79 Å². The molecular formula is C28H26N4O4. The number of phenols is 1. The standard InChI is InChI=1S/C28H26N4O4/c1-28-26(35-3)17(29-2)11-20(36-28)31-18-9-8-13(33)10-15(18)22-23-16(12-30-27(23)34)21-14-6-4-5-7-19(14)32(28)25(21)24(22)31/h4-10,17,20,26,29,33H,11-12H2,1-3H3,(H,30,34)/t17?,20-,26?,28+/m0/s1. The van der Waals surface area contributed by atoms with Gasteiger partial charge in [-0.2, -0.15) is 0 Å². The molecule has 8 rings (SSSR count). The largest absolute Gasteiger partial charge is 0.508 e. The van der Waals surface area contributed by atoms with Crippen molar-refractivity contribution in [2.45, 2.75) is 44.0 Å². The Morgan fingerprint density at radius 1 is 1.14 bits per heavy atom. The lowest BCUT2D eigenvalue weighted by Crippen LogP contribution is -2.59. The molecule has 3 aromatic carbocycles. The first kappa shape index (κ1) is 20.6. The topological polar surface area (TPSA) is 89.7 Å². The number of hydrogen-bond donors (Lipinski definition) is 3. The van der Waals surface area contributed by atoms with E-state index >= 15 is 0 Å². The number of fused-ring (bicyclic) bond motifs is 13. The number of hydrogen-bond acceptors (Lipinski definition) is 5. The Balaban J connectivity index is 1.72. The zero-order valence-electron chi connectivity index (χ0n) is 20.3. The van der Waals surface area contributed by atoms with E-state index in [2.05, 4.69) is 38.8 Å². The zero-order valence-corrected chi connectivity index (χ0v) is 20.3. The number of ether oxygens (including phenoxy) is 2. The van der Waals surface area contributed by atoms with Crippen LogP contribution in [0.25, 0.3) is 43.6 Å². The van der Waals surface area contributed by atoms with E-state index in [0.29, 0.717) is 18.5 Å².